The Labute approximate surface area is 174 Å². The van der Waals surface area contributed by atoms with Crippen LogP contribution in [0.25, 0.3) is 0 Å². The number of carbonyl (C=O) groups is 1. The lowest BCUT2D eigenvalue weighted by Crippen LogP contribution is -2.51. The van der Waals surface area contributed by atoms with Crippen molar-refractivity contribution >= 4 is 5.91 Å². The summed E-state index contributed by atoms with van der Waals surface area (Å²) in [6.45, 7) is 10.2. The molecule has 2 saturated heterocycles. The number of fused-ring (bicyclic) bond motifs is 1. The number of hydrogen-bond donors (Lipinski definition) is 0. The highest BCUT2D eigenvalue weighted by molar-refractivity contribution is 5.73. The number of rotatable bonds is 6. The summed E-state index contributed by atoms with van der Waals surface area (Å²) < 4.78 is 11.4. The van der Waals surface area contributed by atoms with Crippen LogP contribution in [0.4, 0.5) is 0 Å². The standard InChI is InChI=1S/C23H35N3O3/c1-19(27)26(13-12-24-9-3-2-4-10-24)21-6-5-11-25(18-21)17-20-7-8-22-23(16-20)29-15-14-28-22/h7-8,16,21H,2-6,9-15,17-18H2,1H3. The van der Waals surface area contributed by atoms with E-state index in [-0.39, 0.29) is 5.91 Å². The molecule has 1 unspecified atom stereocenters. The number of benzene rings is 1. The molecule has 3 aliphatic rings. The minimum Gasteiger partial charge on any atom is -0.486 e. The van der Waals surface area contributed by atoms with Crippen LogP contribution in [-0.2, 0) is 11.3 Å². The van der Waals surface area contributed by atoms with Crippen molar-refractivity contribution in [3.05, 3.63) is 23.8 Å². The molecule has 1 amide bonds. The van der Waals surface area contributed by atoms with Gasteiger partial charge in [-0.25, -0.2) is 0 Å². The van der Waals surface area contributed by atoms with Gasteiger partial charge < -0.3 is 19.3 Å². The molecular weight excluding hydrogens is 366 g/mol. The summed E-state index contributed by atoms with van der Waals surface area (Å²) in [4.78, 5) is 19.5. The van der Waals surface area contributed by atoms with E-state index in [0.717, 1.165) is 57.1 Å². The molecule has 0 aliphatic carbocycles. The Hall–Kier alpha value is -1.79. The fraction of sp³-hybridized carbons (Fsp3) is 0.696. The third-order valence-electron chi connectivity index (χ3n) is 6.44. The Morgan fingerprint density at radius 1 is 1.03 bits per heavy atom. The zero-order valence-electron chi connectivity index (χ0n) is 17.8. The predicted octanol–water partition coefficient (Wildman–Crippen LogP) is 2.76. The second kappa shape index (κ2) is 9.81. The van der Waals surface area contributed by atoms with Gasteiger partial charge in [-0.05, 0) is 63.0 Å². The van der Waals surface area contributed by atoms with Crippen molar-refractivity contribution in [1.82, 2.24) is 14.7 Å². The topological polar surface area (TPSA) is 45.3 Å². The maximum absolute atomic E-state index is 12.4. The lowest BCUT2D eigenvalue weighted by Gasteiger charge is -2.40. The first-order chi connectivity index (χ1) is 14.2. The summed E-state index contributed by atoms with van der Waals surface area (Å²) in [6, 6.07) is 6.59. The number of likely N-dealkylation sites (tertiary alicyclic amines) is 2. The molecule has 6 heteroatoms. The number of carbonyl (C=O) groups excluding carboxylic acids is 1. The third kappa shape index (κ3) is 5.43. The summed E-state index contributed by atoms with van der Waals surface area (Å²) in [6.07, 6.45) is 6.20. The normalized spacial score (nSPS) is 23.0. The summed E-state index contributed by atoms with van der Waals surface area (Å²) in [5.41, 5.74) is 1.25. The van der Waals surface area contributed by atoms with Gasteiger partial charge in [0.1, 0.15) is 13.2 Å². The predicted molar refractivity (Wildman–Crippen MR) is 113 cm³/mol. The lowest BCUT2D eigenvalue weighted by molar-refractivity contribution is -0.132. The van der Waals surface area contributed by atoms with Crippen molar-refractivity contribution in [3.63, 3.8) is 0 Å². The van der Waals surface area contributed by atoms with E-state index >= 15 is 0 Å². The van der Waals surface area contributed by atoms with Crippen LogP contribution < -0.4 is 9.47 Å². The zero-order chi connectivity index (χ0) is 20.1. The van der Waals surface area contributed by atoms with Gasteiger partial charge in [-0.15, -0.1) is 0 Å². The first kappa shape index (κ1) is 20.5. The largest absolute Gasteiger partial charge is 0.486 e. The Kier molecular flexibility index (Phi) is 6.93. The van der Waals surface area contributed by atoms with E-state index in [0.29, 0.717) is 19.3 Å². The van der Waals surface area contributed by atoms with Gasteiger partial charge in [-0.2, -0.15) is 0 Å². The van der Waals surface area contributed by atoms with Gasteiger partial charge in [-0.3, -0.25) is 9.69 Å². The molecule has 6 nitrogen and oxygen atoms in total. The molecule has 0 N–H and O–H groups in total. The van der Waals surface area contributed by atoms with Gasteiger partial charge >= 0.3 is 0 Å². The molecule has 0 bridgehead atoms. The fourth-order valence-electron chi connectivity index (χ4n) is 4.90. The van der Waals surface area contributed by atoms with Crippen LogP contribution in [-0.4, -0.2) is 79.1 Å². The Bertz CT molecular complexity index is 690. The summed E-state index contributed by atoms with van der Waals surface area (Å²) in [5, 5.41) is 0. The molecule has 2 fully saturated rings. The highest BCUT2D eigenvalue weighted by Crippen LogP contribution is 2.31. The Morgan fingerprint density at radius 2 is 1.79 bits per heavy atom. The van der Waals surface area contributed by atoms with Crippen LogP contribution in [0.3, 0.4) is 0 Å². The fourth-order valence-corrected chi connectivity index (χ4v) is 4.90. The van der Waals surface area contributed by atoms with Gasteiger partial charge in [0.05, 0.1) is 0 Å². The number of piperidine rings is 2. The number of amides is 1. The molecule has 0 saturated carbocycles. The Balaban J connectivity index is 1.34. The average Bonchev–Trinajstić information content (AvgIpc) is 2.75. The van der Waals surface area contributed by atoms with E-state index in [4.69, 9.17) is 9.47 Å². The van der Waals surface area contributed by atoms with Crippen LogP contribution in [0.15, 0.2) is 18.2 Å². The van der Waals surface area contributed by atoms with Crippen LogP contribution >= 0.6 is 0 Å². The van der Waals surface area contributed by atoms with Gasteiger partial charge in [-0.1, -0.05) is 12.5 Å². The maximum Gasteiger partial charge on any atom is 0.219 e. The van der Waals surface area contributed by atoms with E-state index in [1.54, 1.807) is 6.92 Å². The van der Waals surface area contributed by atoms with Crippen molar-refractivity contribution < 1.29 is 14.3 Å². The van der Waals surface area contributed by atoms with Crippen molar-refractivity contribution in [2.24, 2.45) is 0 Å². The third-order valence-corrected chi connectivity index (χ3v) is 6.44. The SMILES string of the molecule is CC(=O)N(CCN1CCCCC1)C1CCCN(Cc2ccc3c(c2)OCCO3)C1. The molecule has 0 spiro atoms. The van der Waals surface area contributed by atoms with Crippen molar-refractivity contribution in [1.29, 1.82) is 0 Å². The van der Waals surface area contributed by atoms with Crippen LogP contribution in [0, 0.1) is 0 Å². The first-order valence-electron chi connectivity index (χ1n) is 11.3. The quantitative estimate of drug-likeness (QED) is 0.734. The second-order valence-electron chi connectivity index (χ2n) is 8.62. The van der Waals surface area contributed by atoms with Crippen LogP contribution in [0.2, 0.25) is 0 Å². The molecular formula is C23H35N3O3. The molecule has 3 aliphatic heterocycles. The van der Waals surface area contributed by atoms with Crippen molar-refractivity contribution in [2.75, 3.05) is 52.5 Å². The monoisotopic (exact) mass is 401 g/mol. The molecule has 0 radical (unpaired) electrons. The van der Waals surface area contributed by atoms with Gasteiger partial charge in [0.15, 0.2) is 11.5 Å². The lowest BCUT2D eigenvalue weighted by atomic mass is 10.0. The zero-order valence-corrected chi connectivity index (χ0v) is 17.8. The maximum atomic E-state index is 12.4. The minimum absolute atomic E-state index is 0.216. The van der Waals surface area contributed by atoms with E-state index in [1.165, 1.54) is 37.9 Å². The van der Waals surface area contributed by atoms with E-state index in [1.807, 2.05) is 6.07 Å². The van der Waals surface area contributed by atoms with E-state index < -0.39 is 0 Å². The molecule has 3 heterocycles. The van der Waals surface area contributed by atoms with Gasteiger partial charge in [0.25, 0.3) is 0 Å². The highest BCUT2D eigenvalue weighted by atomic mass is 16.6. The van der Waals surface area contributed by atoms with Gasteiger partial charge in [0, 0.05) is 39.1 Å². The molecule has 1 aromatic rings. The molecule has 1 aromatic carbocycles. The minimum atomic E-state index is 0.216. The summed E-state index contributed by atoms with van der Waals surface area (Å²) in [5.74, 6) is 1.92. The molecule has 29 heavy (non-hydrogen) atoms. The van der Waals surface area contributed by atoms with E-state index in [9.17, 15) is 4.79 Å². The second-order valence-corrected chi connectivity index (χ2v) is 8.62. The average molecular weight is 402 g/mol. The van der Waals surface area contributed by atoms with Crippen molar-refractivity contribution in [3.8, 4) is 11.5 Å². The molecule has 4 rings (SSSR count). The van der Waals surface area contributed by atoms with Crippen LogP contribution in [0.1, 0.15) is 44.6 Å². The molecule has 1 atom stereocenters. The van der Waals surface area contributed by atoms with E-state index in [2.05, 4.69) is 26.8 Å². The molecule has 0 aromatic heterocycles. The van der Waals surface area contributed by atoms with Crippen molar-refractivity contribution in [2.45, 2.75) is 51.6 Å². The smallest absolute Gasteiger partial charge is 0.219 e. The Morgan fingerprint density at radius 3 is 2.59 bits per heavy atom. The first-order valence-corrected chi connectivity index (χ1v) is 11.3. The number of hydrogen-bond acceptors (Lipinski definition) is 5. The number of ether oxygens (including phenoxy) is 2. The summed E-state index contributed by atoms with van der Waals surface area (Å²) >= 11 is 0. The highest BCUT2D eigenvalue weighted by Gasteiger charge is 2.27. The molecule has 160 valence electrons. The summed E-state index contributed by atoms with van der Waals surface area (Å²) in [7, 11) is 0. The van der Waals surface area contributed by atoms with Crippen LogP contribution in [0.5, 0.6) is 11.5 Å². The number of nitrogens with zero attached hydrogens (tertiary/aromatic N) is 3. The van der Waals surface area contributed by atoms with Gasteiger partial charge in [0.2, 0.25) is 5.91 Å².